The van der Waals surface area contributed by atoms with Crippen LogP contribution in [-0.2, 0) is 15.7 Å². The number of amides is 1. The van der Waals surface area contributed by atoms with Crippen molar-refractivity contribution in [3.8, 4) is 0 Å². The summed E-state index contributed by atoms with van der Waals surface area (Å²) in [7, 11) is 1.47. The molecule has 0 saturated carbocycles. The monoisotopic (exact) mass is 449 g/mol. The van der Waals surface area contributed by atoms with Crippen molar-refractivity contribution >= 4 is 28.4 Å². The smallest absolute Gasteiger partial charge is 0.408 e. The molecule has 0 radical (unpaired) electrons. The number of hydrogen-bond acceptors (Lipinski definition) is 5. The molecule has 1 atom stereocenters. The van der Waals surface area contributed by atoms with Crippen molar-refractivity contribution in [2.75, 3.05) is 30.4 Å². The predicted molar refractivity (Wildman–Crippen MR) is 113 cm³/mol. The Morgan fingerprint density at radius 2 is 1.88 bits per heavy atom. The number of piperidine rings is 1. The first kappa shape index (κ1) is 21.9. The SMILES string of the molecule is COC(C(=O)Nc1ccc2[nH]c(=O)oc2c1)C1CCN(c2ccc(C(F)(F)F)cc2)CC1. The van der Waals surface area contributed by atoms with Crippen molar-refractivity contribution in [2.24, 2.45) is 5.92 Å². The number of nitrogens with one attached hydrogen (secondary N) is 2. The lowest BCUT2D eigenvalue weighted by Crippen LogP contribution is -2.43. The summed E-state index contributed by atoms with van der Waals surface area (Å²) < 4.78 is 48.8. The van der Waals surface area contributed by atoms with Crippen LogP contribution >= 0.6 is 0 Å². The van der Waals surface area contributed by atoms with Crippen LogP contribution in [0.5, 0.6) is 0 Å². The number of halogens is 3. The summed E-state index contributed by atoms with van der Waals surface area (Å²) in [5.41, 5.74) is 1.40. The standard InChI is InChI=1S/C22H22F3N3O4/c1-31-19(20(29)26-15-4-7-17-18(12-15)32-21(30)27-17)13-8-10-28(11-9-13)16-5-2-14(3-6-16)22(23,24)25/h2-7,12-13,19H,8-11H2,1H3,(H,26,29)(H,27,30). The summed E-state index contributed by atoms with van der Waals surface area (Å²) in [6.07, 6.45) is -3.74. The number of aromatic amines is 1. The van der Waals surface area contributed by atoms with Gasteiger partial charge in [-0.25, -0.2) is 4.79 Å². The zero-order valence-corrected chi connectivity index (χ0v) is 17.2. The molecule has 1 saturated heterocycles. The van der Waals surface area contributed by atoms with E-state index in [1.54, 1.807) is 18.2 Å². The van der Waals surface area contributed by atoms with Gasteiger partial charge in [0.2, 0.25) is 0 Å². The molecule has 170 valence electrons. The Balaban J connectivity index is 1.37. The minimum Gasteiger partial charge on any atom is -0.408 e. The van der Waals surface area contributed by atoms with Crippen molar-refractivity contribution in [2.45, 2.75) is 25.1 Å². The van der Waals surface area contributed by atoms with Gasteiger partial charge in [0, 0.05) is 37.6 Å². The van der Waals surface area contributed by atoms with Crippen molar-refractivity contribution in [1.29, 1.82) is 0 Å². The van der Waals surface area contributed by atoms with Crippen LogP contribution < -0.4 is 16.0 Å². The average molecular weight is 449 g/mol. The van der Waals surface area contributed by atoms with Crippen molar-refractivity contribution in [1.82, 2.24) is 4.98 Å². The highest BCUT2D eigenvalue weighted by Gasteiger charge is 2.33. The van der Waals surface area contributed by atoms with Gasteiger partial charge in [-0.3, -0.25) is 9.78 Å². The molecule has 1 aliphatic heterocycles. The minimum absolute atomic E-state index is 0.0420. The van der Waals surface area contributed by atoms with Gasteiger partial charge in [-0.05, 0) is 55.2 Å². The lowest BCUT2D eigenvalue weighted by Gasteiger charge is -2.36. The van der Waals surface area contributed by atoms with Crippen molar-refractivity contribution in [3.05, 3.63) is 58.6 Å². The molecule has 1 unspecified atom stereocenters. The normalized spacial score (nSPS) is 16.3. The van der Waals surface area contributed by atoms with Gasteiger partial charge in [0.25, 0.3) is 5.91 Å². The molecule has 4 rings (SSSR count). The van der Waals surface area contributed by atoms with Gasteiger partial charge < -0.3 is 19.4 Å². The maximum Gasteiger partial charge on any atom is 0.417 e. The molecule has 0 aliphatic carbocycles. The summed E-state index contributed by atoms with van der Waals surface area (Å²) in [6, 6.07) is 9.96. The Labute approximate surface area is 181 Å². The summed E-state index contributed by atoms with van der Waals surface area (Å²) >= 11 is 0. The van der Waals surface area contributed by atoms with Crippen LogP contribution in [0.4, 0.5) is 24.5 Å². The molecule has 1 aromatic heterocycles. The van der Waals surface area contributed by atoms with E-state index in [9.17, 15) is 22.8 Å². The number of oxazole rings is 1. The number of fused-ring (bicyclic) bond motifs is 1. The summed E-state index contributed by atoms with van der Waals surface area (Å²) in [6.45, 7) is 1.20. The molecule has 7 nitrogen and oxygen atoms in total. The van der Waals surface area contributed by atoms with Crippen molar-refractivity contribution in [3.63, 3.8) is 0 Å². The molecule has 1 amide bonds. The van der Waals surface area contributed by atoms with Crippen LogP contribution in [0.2, 0.25) is 0 Å². The Hall–Kier alpha value is -3.27. The Bertz CT molecular complexity index is 1150. The number of anilines is 2. The molecule has 3 aromatic rings. The van der Waals surface area contributed by atoms with E-state index >= 15 is 0 Å². The fourth-order valence-corrected chi connectivity index (χ4v) is 4.07. The number of carbonyl (C=O) groups is 1. The summed E-state index contributed by atoms with van der Waals surface area (Å²) in [5, 5.41) is 2.79. The van der Waals surface area contributed by atoms with E-state index in [4.69, 9.17) is 9.15 Å². The average Bonchev–Trinajstić information content (AvgIpc) is 3.13. The van der Waals surface area contributed by atoms with Gasteiger partial charge in [0.05, 0.1) is 11.1 Å². The summed E-state index contributed by atoms with van der Waals surface area (Å²) in [4.78, 5) is 28.6. The van der Waals surface area contributed by atoms with E-state index in [0.717, 1.165) is 17.8 Å². The topological polar surface area (TPSA) is 87.6 Å². The van der Waals surface area contributed by atoms with Gasteiger partial charge >= 0.3 is 11.9 Å². The summed E-state index contributed by atoms with van der Waals surface area (Å²) in [5.74, 6) is -0.921. The van der Waals surface area contributed by atoms with E-state index in [1.807, 2.05) is 4.90 Å². The number of hydrogen-bond donors (Lipinski definition) is 2. The van der Waals surface area contributed by atoms with Crippen LogP contribution in [0.3, 0.4) is 0 Å². The first-order chi connectivity index (χ1) is 15.2. The predicted octanol–water partition coefficient (Wildman–Crippen LogP) is 4.01. The highest BCUT2D eigenvalue weighted by Crippen LogP contribution is 2.32. The van der Waals surface area contributed by atoms with E-state index in [1.165, 1.54) is 19.2 Å². The maximum atomic E-state index is 12.8. The van der Waals surface area contributed by atoms with Crippen LogP contribution in [0.25, 0.3) is 11.1 Å². The molecule has 2 heterocycles. The number of H-pyrrole nitrogens is 1. The maximum absolute atomic E-state index is 12.8. The molecule has 10 heteroatoms. The number of carbonyl (C=O) groups excluding carboxylic acids is 1. The number of aromatic nitrogens is 1. The Morgan fingerprint density at radius 3 is 2.50 bits per heavy atom. The number of alkyl halides is 3. The van der Waals surface area contributed by atoms with E-state index in [0.29, 0.717) is 42.7 Å². The zero-order chi connectivity index (χ0) is 22.9. The third-order valence-corrected chi connectivity index (χ3v) is 5.73. The first-order valence-electron chi connectivity index (χ1n) is 10.1. The highest BCUT2D eigenvalue weighted by molar-refractivity contribution is 5.95. The molecule has 2 N–H and O–H groups in total. The van der Waals surface area contributed by atoms with Gasteiger partial charge in [0.1, 0.15) is 6.10 Å². The van der Waals surface area contributed by atoms with E-state index in [-0.39, 0.29) is 11.8 Å². The lowest BCUT2D eigenvalue weighted by atomic mass is 9.90. The number of benzene rings is 2. The second-order valence-electron chi connectivity index (χ2n) is 7.74. The van der Waals surface area contributed by atoms with Crippen LogP contribution in [0.1, 0.15) is 18.4 Å². The second kappa shape index (κ2) is 8.70. The van der Waals surface area contributed by atoms with Gasteiger partial charge in [-0.1, -0.05) is 0 Å². The third-order valence-electron chi connectivity index (χ3n) is 5.73. The quantitative estimate of drug-likeness (QED) is 0.615. The number of rotatable bonds is 5. The van der Waals surface area contributed by atoms with Crippen LogP contribution in [-0.4, -0.2) is 37.2 Å². The largest absolute Gasteiger partial charge is 0.417 e. The Morgan fingerprint density at radius 1 is 1.19 bits per heavy atom. The molecule has 32 heavy (non-hydrogen) atoms. The molecule has 1 fully saturated rings. The lowest BCUT2D eigenvalue weighted by molar-refractivity contribution is -0.137. The molecular formula is C22H22F3N3O4. The minimum atomic E-state index is -4.36. The number of ether oxygens (including phenoxy) is 1. The van der Waals surface area contributed by atoms with Gasteiger partial charge in [0.15, 0.2) is 5.58 Å². The molecule has 2 aromatic carbocycles. The first-order valence-corrected chi connectivity index (χ1v) is 10.1. The third kappa shape index (κ3) is 4.64. The van der Waals surface area contributed by atoms with E-state index in [2.05, 4.69) is 10.3 Å². The Kier molecular flexibility index (Phi) is 5.96. The number of nitrogens with zero attached hydrogens (tertiary/aromatic N) is 1. The van der Waals surface area contributed by atoms with Gasteiger partial charge in [-0.2, -0.15) is 13.2 Å². The second-order valence-corrected chi connectivity index (χ2v) is 7.74. The molecule has 0 spiro atoms. The van der Waals surface area contributed by atoms with Gasteiger partial charge in [-0.15, -0.1) is 0 Å². The highest BCUT2D eigenvalue weighted by atomic mass is 19.4. The fourth-order valence-electron chi connectivity index (χ4n) is 4.07. The van der Waals surface area contributed by atoms with Crippen LogP contribution in [0, 0.1) is 5.92 Å². The van der Waals surface area contributed by atoms with E-state index < -0.39 is 23.6 Å². The molecule has 0 bridgehead atoms. The van der Waals surface area contributed by atoms with Crippen molar-refractivity contribution < 1.29 is 27.1 Å². The zero-order valence-electron chi connectivity index (χ0n) is 17.2. The fraction of sp³-hybridized carbons (Fsp3) is 0.364. The molecule has 1 aliphatic rings. The number of methoxy groups -OCH3 is 1. The molecular weight excluding hydrogens is 427 g/mol. The van der Waals surface area contributed by atoms with Crippen LogP contribution in [0.15, 0.2) is 51.7 Å².